The summed E-state index contributed by atoms with van der Waals surface area (Å²) in [6, 6.07) is 0. The molecule has 0 radical (unpaired) electrons. The second-order valence-electron chi connectivity index (χ2n) is 10.8. The first kappa shape index (κ1) is 20.4. The summed E-state index contributed by atoms with van der Waals surface area (Å²) in [4.78, 5) is 11.1. The molecule has 0 aliphatic heterocycles. The molecule has 0 aromatic carbocycles. The van der Waals surface area contributed by atoms with Gasteiger partial charge in [0.25, 0.3) is 0 Å². The highest BCUT2D eigenvalue weighted by atomic mass is 16.4. The van der Waals surface area contributed by atoms with Gasteiger partial charge in [0.2, 0.25) is 0 Å². The molecule has 4 aliphatic rings. The van der Waals surface area contributed by atoms with Crippen LogP contribution in [0.4, 0.5) is 0 Å². The van der Waals surface area contributed by atoms with Gasteiger partial charge < -0.3 is 15.3 Å². The predicted molar refractivity (Wildman–Crippen MR) is 109 cm³/mol. The van der Waals surface area contributed by atoms with Gasteiger partial charge in [0.05, 0.1) is 12.2 Å². The fourth-order valence-corrected chi connectivity index (χ4v) is 8.27. The van der Waals surface area contributed by atoms with E-state index < -0.39 is 5.97 Å². The van der Waals surface area contributed by atoms with Crippen molar-refractivity contribution in [1.82, 2.24) is 0 Å². The Labute approximate surface area is 169 Å². The van der Waals surface area contributed by atoms with E-state index in [9.17, 15) is 15.0 Å². The molecular weight excluding hydrogens is 352 g/mol. The van der Waals surface area contributed by atoms with Gasteiger partial charge in [-0.15, -0.1) is 0 Å². The average molecular weight is 391 g/mol. The first-order valence-corrected chi connectivity index (χ1v) is 11.4. The minimum Gasteiger partial charge on any atom is -0.481 e. The minimum absolute atomic E-state index is 0.0947. The molecule has 0 bridgehead atoms. The molecule has 10 atom stereocenters. The fourth-order valence-electron chi connectivity index (χ4n) is 8.27. The second kappa shape index (κ2) is 7.12. The normalized spacial score (nSPS) is 51.1. The quantitative estimate of drug-likeness (QED) is 0.627. The molecule has 4 rings (SSSR count). The Morgan fingerprint density at radius 1 is 1.14 bits per heavy atom. The highest BCUT2D eigenvalue weighted by Gasteiger charge is 2.64. The molecule has 0 amide bonds. The number of fused-ring (bicyclic) bond motifs is 5. The molecule has 0 heterocycles. The molecular formula is C24H38O4. The zero-order chi connectivity index (χ0) is 20.3. The summed E-state index contributed by atoms with van der Waals surface area (Å²) in [5, 5.41) is 31.8. The van der Waals surface area contributed by atoms with Crippen LogP contribution in [0.2, 0.25) is 0 Å². The summed E-state index contributed by atoms with van der Waals surface area (Å²) in [6.07, 6.45) is 11.0. The number of hydrogen-bond acceptors (Lipinski definition) is 3. The van der Waals surface area contributed by atoms with Crippen LogP contribution in [0.3, 0.4) is 0 Å². The Bertz CT molecular complexity index is 645. The third-order valence-electron chi connectivity index (χ3n) is 9.82. The molecule has 158 valence electrons. The number of aliphatic hydroxyl groups is 2. The SMILES string of the molecule is CC(CCC(=O)O)C1CCC2C3C(O)CC4CCC=CC4(C)C3CC(O)C12C. The molecule has 3 N–H and O–H groups in total. The van der Waals surface area contributed by atoms with Gasteiger partial charge in [0.15, 0.2) is 0 Å². The van der Waals surface area contributed by atoms with Crippen molar-refractivity contribution in [3.8, 4) is 0 Å². The fraction of sp³-hybridized carbons (Fsp3) is 0.875. The lowest BCUT2D eigenvalue weighted by Gasteiger charge is -2.62. The van der Waals surface area contributed by atoms with Crippen molar-refractivity contribution in [3.63, 3.8) is 0 Å². The van der Waals surface area contributed by atoms with E-state index in [0.717, 1.165) is 38.5 Å². The first-order chi connectivity index (χ1) is 13.2. The highest BCUT2D eigenvalue weighted by molar-refractivity contribution is 5.66. The number of carbonyl (C=O) groups is 1. The third-order valence-corrected chi connectivity index (χ3v) is 9.82. The standard InChI is InChI=1S/C24H38O4/c1-14(7-10-21(27)28)16-8-9-17-22-18(13-20(26)24(16,17)3)23(2)11-5-4-6-15(23)12-19(22)25/h5,11,14-20,22,25-26H,4,6-10,12-13H2,1-3H3,(H,27,28). The highest BCUT2D eigenvalue weighted by Crippen LogP contribution is 2.67. The molecule has 4 heteroatoms. The third kappa shape index (κ3) is 2.89. The lowest BCUT2D eigenvalue weighted by atomic mass is 9.44. The van der Waals surface area contributed by atoms with Gasteiger partial charge in [-0.2, -0.15) is 0 Å². The summed E-state index contributed by atoms with van der Waals surface area (Å²) < 4.78 is 0. The number of carboxylic acid groups (broad SMARTS) is 1. The van der Waals surface area contributed by atoms with Crippen molar-refractivity contribution in [1.29, 1.82) is 0 Å². The zero-order valence-corrected chi connectivity index (χ0v) is 17.7. The summed E-state index contributed by atoms with van der Waals surface area (Å²) >= 11 is 0. The van der Waals surface area contributed by atoms with Crippen molar-refractivity contribution in [2.24, 2.45) is 46.3 Å². The maximum absolute atomic E-state index is 11.4. The maximum Gasteiger partial charge on any atom is 0.303 e. The van der Waals surface area contributed by atoms with Crippen LogP contribution in [-0.4, -0.2) is 33.5 Å². The Morgan fingerprint density at radius 2 is 1.89 bits per heavy atom. The van der Waals surface area contributed by atoms with Gasteiger partial charge in [-0.1, -0.05) is 32.9 Å². The first-order valence-electron chi connectivity index (χ1n) is 11.4. The molecule has 10 unspecified atom stereocenters. The van der Waals surface area contributed by atoms with Crippen LogP contribution in [0, 0.1) is 46.3 Å². The van der Waals surface area contributed by atoms with E-state index in [-0.39, 0.29) is 41.3 Å². The van der Waals surface area contributed by atoms with E-state index in [4.69, 9.17) is 5.11 Å². The summed E-state index contributed by atoms with van der Waals surface area (Å²) in [6.45, 7) is 6.78. The Kier molecular flexibility index (Phi) is 5.19. The second-order valence-corrected chi connectivity index (χ2v) is 10.8. The molecule has 28 heavy (non-hydrogen) atoms. The van der Waals surface area contributed by atoms with Crippen LogP contribution < -0.4 is 0 Å². The number of hydrogen-bond donors (Lipinski definition) is 3. The molecule has 3 fully saturated rings. The predicted octanol–water partition coefficient (Wildman–Crippen LogP) is 4.25. The largest absolute Gasteiger partial charge is 0.481 e. The molecule has 4 aliphatic carbocycles. The average Bonchev–Trinajstić information content (AvgIpc) is 3.00. The van der Waals surface area contributed by atoms with Crippen molar-refractivity contribution >= 4 is 5.97 Å². The van der Waals surface area contributed by atoms with Gasteiger partial charge in [0, 0.05) is 6.42 Å². The van der Waals surface area contributed by atoms with Crippen LogP contribution >= 0.6 is 0 Å². The van der Waals surface area contributed by atoms with E-state index in [0.29, 0.717) is 30.1 Å². The van der Waals surface area contributed by atoms with Gasteiger partial charge in [0.1, 0.15) is 0 Å². The minimum atomic E-state index is -0.735. The maximum atomic E-state index is 11.4. The van der Waals surface area contributed by atoms with Crippen LogP contribution in [0.1, 0.15) is 72.1 Å². The van der Waals surface area contributed by atoms with E-state index in [1.165, 1.54) is 0 Å². The summed E-state index contributed by atoms with van der Waals surface area (Å²) in [5.74, 6) is 1.36. The Hall–Kier alpha value is -0.870. The molecule has 0 aromatic rings. The number of allylic oxidation sites excluding steroid dienone is 2. The summed E-state index contributed by atoms with van der Waals surface area (Å²) in [7, 11) is 0. The molecule has 4 nitrogen and oxygen atoms in total. The van der Waals surface area contributed by atoms with Gasteiger partial charge in [-0.3, -0.25) is 4.79 Å². The van der Waals surface area contributed by atoms with Crippen LogP contribution in [0.25, 0.3) is 0 Å². The lowest BCUT2D eigenvalue weighted by Crippen LogP contribution is -2.61. The monoisotopic (exact) mass is 390 g/mol. The summed E-state index contributed by atoms with van der Waals surface area (Å²) in [5.41, 5.74) is -0.112. The smallest absolute Gasteiger partial charge is 0.303 e. The van der Waals surface area contributed by atoms with Crippen LogP contribution in [0.5, 0.6) is 0 Å². The number of carboxylic acids is 1. The Balaban J connectivity index is 1.63. The van der Waals surface area contributed by atoms with Crippen molar-refractivity contribution in [3.05, 3.63) is 12.2 Å². The molecule has 3 saturated carbocycles. The van der Waals surface area contributed by atoms with Gasteiger partial charge in [-0.05, 0) is 91.3 Å². The number of aliphatic carboxylic acids is 1. The van der Waals surface area contributed by atoms with Crippen molar-refractivity contribution in [2.75, 3.05) is 0 Å². The number of rotatable bonds is 4. The van der Waals surface area contributed by atoms with Crippen molar-refractivity contribution < 1.29 is 20.1 Å². The zero-order valence-electron chi connectivity index (χ0n) is 17.7. The van der Waals surface area contributed by atoms with Crippen LogP contribution in [0.15, 0.2) is 12.2 Å². The molecule has 0 spiro atoms. The van der Waals surface area contributed by atoms with E-state index in [1.807, 2.05) is 0 Å². The molecule has 0 aromatic heterocycles. The molecule has 0 saturated heterocycles. The van der Waals surface area contributed by atoms with E-state index in [2.05, 4.69) is 32.9 Å². The van der Waals surface area contributed by atoms with E-state index >= 15 is 0 Å². The lowest BCUT2D eigenvalue weighted by molar-refractivity contribution is -0.185. The van der Waals surface area contributed by atoms with Crippen molar-refractivity contribution in [2.45, 2.75) is 84.3 Å². The number of aliphatic hydroxyl groups excluding tert-OH is 2. The van der Waals surface area contributed by atoms with E-state index in [1.54, 1.807) is 0 Å². The van der Waals surface area contributed by atoms with Gasteiger partial charge in [-0.25, -0.2) is 0 Å². The van der Waals surface area contributed by atoms with Gasteiger partial charge >= 0.3 is 5.97 Å². The van der Waals surface area contributed by atoms with Crippen LogP contribution in [-0.2, 0) is 4.79 Å². The topological polar surface area (TPSA) is 77.8 Å². The Morgan fingerprint density at radius 3 is 2.61 bits per heavy atom.